The first-order valence-electron chi connectivity index (χ1n) is 9.87. The number of aryl methyl sites for hydroxylation is 1. The second-order valence-corrected chi connectivity index (χ2v) is 8.08. The summed E-state index contributed by atoms with van der Waals surface area (Å²) in [5, 5.41) is 8.58. The van der Waals surface area contributed by atoms with Crippen molar-refractivity contribution >= 4 is 21.4 Å². The minimum Gasteiger partial charge on any atom is -0.337 e. The van der Waals surface area contributed by atoms with Crippen LogP contribution in [0.3, 0.4) is 0 Å². The van der Waals surface area contributed by atoms with E-state index in [4.69, 9.17) is 4.52 Å². The summed E-state index contributed by atoms with van der Waals surface area (Å²) < 4.78 is 9.44. The molecule has 0 aliphatic rings. The number of fused-ring (bicyclic) bond motifs is 1. The molecule has 0 saturated carbocycles. The van der Waals surface area contributed by atoms with Crippen LogP contribution in [0.2, 0.25) is 0 Å². The first kappa shape index (κ1) is 19.4. The lowest BCUT2D eigenvalue weighted by molar-refractivity contribution is 0.370. The van der Waals surface area contributed by atoms with Gasteiger partial charge in [-0.15, -0.1) is 0 Å². The zero-order valence-corrected chi connectivity index (χ0v) is 18.3. The van der Waals surface area contributed by atoms with Crippen molar-refractivity contribution in [3.8, 4) is 22.6 Å². The van der Waals surface area contributed by atoms with Crippen LogP contribution in [-0.4, -0.2) is 24.3 Å². The lowest BCUT2D eigenvalue weighted by Crippen LogP contribution is -2.21. The normalized spacial score (nSPS) is 11.3. The Morgan fingerprint density at radius 1 is 1.03 bits per heavy atom. The van der Waals surface area contributed by atoms with Crippen LogP contribution in [0.25, 0.3) is 28.2 Å². The fraction of sp³-hybridized carbons (Fsp3) is 0.130. The van der Waals surface area contributed by atoms with Crippen molar-refractivity contribution in [1.82, 2.24) is 24.3 Å². The number of rotatable bonds is 5. The van der Waals surface area contributed by atoms with Crippen molar-refractivity contribution < 1.29 is 4.52 Å². The summed E-state index contributed by atoms with van der Waals surface area (Å²) in [6.45, 7) is 2.30. The number of benzene rings is 2. The maximum atomic E-state index is 13.0. The zero-order chi connectivity index (χ0) is 21.4. The second-order valence-electron chi connectivity index (χ2n) is 7.16. The Labute approximate surface area is 186 Å². The molecule has 3 heterocycles. The molecule has 7 nitrogen and oxygen atoms in total. The van der Waals surface area contributed by atoms with Crippen molar-refractivity contribution in [1.29, 1.82) is 0 Å². The Kier molecular flexibility index (Phi) is 4.99. The molecule has 5 rings (SSSR count). The van der Waals surface area contributed by atoms with Crippen LogP contribution >= 0.6 is 15.9 Å². The predicted molar refractivity (Wildman–Crippen MR) is 121 cm³/mol. The topological polar surface area (TPSA) is 78.2 Å². The summed E-state index contributed by atoms with van der Waals surface area (Å²) in [6, 6.07) is 17.7. The molecule has 31 heavy (non-hydrogen) atoms. The highest BCUT2D eigenvalue weighted by Crippen LogP contribution is 2.21. The SMILES string of the molecule is CCc1ccc(-c2cc3c(=O)n(Cc4nc(-c5cccc(Br)c5)no4)ccn3n2)cc1. The molecular formula is C23H18BrN5O2. The van der Waals surface area contributed by atoms with E-state index in [1.165, 1.54) is 5.56 Å². The van der Waals surface area contributed by atoms with Gasteiger partial charge in [0.15, 0.2) is 0 Å². The molecule has 0 amide bonds. The van der Waals surface area contributed by atoms with Gasteiger partial charge in [0.25, 0.3) is 5.56 Å². The number of hydrogen-bond acceptors (Lipinski definition) is 5. The number of nitrogens with zero attached hydrogens (tertiary/aromatic N) is 5. The Balaban J connectivity index is 1.44. The van der Waals surface area contributed by atoms with Crippen LogP contribution in [0.4, 0.5) is 0 Å². The van der Waals surface area contributed by atoms with Crippen LogP contribution in [0.5, 0.6) is 0 Å². The summed E-state index contributed by atoms with van der Waals surface area (Å²) in [5.41, 5.74) is 4.14. The molecule has 0 spiro atoms. The fourth-order valence-corrected chi connectivity index (χ4v) is 3.81. The van der Waals surface area contributed by atoms with Gasteiger partial charge in [-0.1, -0.05) is 64.4 Å². The number of aromatic nitrogens is 5. The third-order valence-electron chi connectivity index (χ3n) is 5.12. The molecule has 5 aromatic rings. The van der Waals surface area contributed by atoms with E-state index in [-0.39, 0.29) is 12.1 Å². The Bertz CT molecular complexity index is 1430. The van der Waals surface area contributed by atoms with E-state index in [2.05, 4.69) is 50.2 Å². The van der Waals surface area contributed by atoms with Crippen molar-refractivity contribution in [2.75, 3.05) is 0 Å². The average Bonchev–Trinajstić information content (AvgIpc) is 3.44. The Morgan fingerprint density at radius 3 is 2.65 bits per heavy atom. The maximum Gasteiger partial charge on any atom is 0.277 e. The van der Waals surface area contributed by atoms with Gasteiger partial charge in [0, 0.05) is 28.0 Å². The molecule has 0 N–H and O–H groups in total. The van der Waals surface area contributed by atoms with Gasteiger partial charge in [-0.2, -0.15) is 10.1 Å². The first-order chi connectivity index (χ1) is 15.1. The third-order valence-corrected chi connectivity index (χ3v) is 5.61. The van der Waals surface area contributed by atoms with E-state index >= 15 is 0 Å². The van der Waals surface area contributed by atoms with Gasteiger partial charge in [0.2, 0.25) is 11.7 Å². The fourth-order valence-electron chi connectivity index (χ4n) is 3.41. The van der Waals surface area contributed by atoms with Gasteiger partial charge >= 0.3 is 0 Å². The summed E-state index contributed by atoms with van der Waals surface area (Å²) in [7, 11) is 0. The monoisotopic (exact) mass is 475 g/mol. The Hall–Kier alpha value is -3.52. The Morgan fingerprint density at radius 2 is 1.87 bits per heavy atom. The molecular weight excluding hydrogens is 458 g/mol. The maximum absolute atomic E-state index is 13.0. The molecule has 154 valence electrons. The van der Waals surface area contributed by atoms with E-state index in [0.29, 0.717) is 17.2 Å². The molecule has 0 radical (unpaired) electrons. The molecule has 2 aromatic carbocycles. The van der Waals surface area contributed by atoms with Crippen molar-refractivity contribution in [2.45, 2.75) is 19.9 Å². The minimum atomic E-state index is -0.173. The predicted octanol–water partition coefficient (Wildman–Crippen LogP) is 4.59. The van der Waals surface area contributed by atoms with Gasteiger partial charge in [-0.05, 0) is 30.2 Å². The van der Waals surface area contributed by atoms with Crippen molar-refractivity contribution in [2.24, 2.45) is 0 Å². The summed E-state index contributed by atoms with van der Waals surface area (Å²) in [5.74, 6) is 0.837. The van der Waals surface area contributed by atoms with Crippen molar-refractivity contribution in [3.05, 3.63) is 93.3 Å². The van der Waals surface area contributed by atoms with Crippen LogP contribution in [0.1, 0.15) is 18.4 Å². The summed E-state index contributed by atoms with van der Waals surface area (Å²) in [4.78, 5) is 17.4. The van der Waals surface area contributed by atoms with Gasteiger partial charge in [-0.3, -0.25) is 4.79 Å². The molecule has 0 saturated heterocycles. The van der Waals surface area contributed by atoms with E-state index in [9.17, 15) is 4.79 Å². The van der Waals surface area contributed by atoms with E-state index in [1.807, 2.05) is 36.4 Å². The van der Waals surface area contributed by atoms with E-state index in [1.54, 1.807) is 27.5 Å². The molecule has 0 atom stereocenters. The largest absolute Gasteiger partial charge is 0.337 e. The van der Waals surface area contributed by atoms with Crippen LogP contribution in [-0.2, 0) is 13.0 Å². The highest BCUT2D eigenvalue weighted by Gasteiger charge is 2.13. The standard InChI is InChI=1S/C23H18BrN5O2/c1-2-15-6-8-16(9-7-15)19-13-20-23(30)28(10-11-29(20)26-19)14-21-25-22(27-31-21)17-4-3-5-18(24)12-17/h3-13H,2,14H2,1H3. The summed E-state index contributed by atoms with van der Waals surface area (Å²) >= 11 is 3.44. The molecule has 0 aliphatic carbocycles. The number of hydrogen-bond donors (Lipinski definition) is 0. The van der Waals surface area contributed by atoms with E-state index in [0.717, 1.165) is 27.7 Å². The molecule has 3 aromatic heterocycles. The molecule has 8 heteroatoms. The molecule has 0 aliphatic heterocycles. The second kappa shape index (κ2) is 7.96. The number of halogens is 1. The average molecular weight is 476 g/mol. The first-order valence-corrected chi connectivity index (χ1v) is 10.7. The molecule has 0 fully saturated rings. The molecule has 0 unspecified atom stereocenters. The zero-order valence-electron chi connectivity index (χ0n) is 16.7. The van der Waals surface area contributed by atoms with Gasteiger partial charge in [0.1, 0.15) is 12.1 Å². The highest BCUT2D eigenvalue weighted by atomic mass is 79.9. The minimum absolute atomic E-state index is 0.173. The van der Waals surface area contributed by atoms with Crippen molar-refractivity contribution in [3.63, 3.8) is 0 Å². The van der Waals surface area contributed by atoms with Gasteiger partial charge < -0.3 is 9.09 Å². The molecule has 0 bridgehead atoms. The van der Waals surface area contributed by atoms with E-state index < -0.39 is 0 Å². The third kappa shape index (κ3) is 3.82. The lowest BCUT2D eigenvalue weighted by atomic mass is 10.1. The lowest BCUT2D eigenvalue weighted by Gasteiger charge is -2.02. The quantitative estimate of drug-likeness (QED) is 0.371. The smallest absolute Gasteiger partial charge is 0.277 e. The van der Waals surface area contributed by atoms with Gasteiger partial charge in [0.05, 0.1) is 5.69 Å². The van der Waals surface area contributed by atoms with Gasteiger partial charge in [-0.25, -0.2) is 4.52 Å². The van der Waals surface area contributed by atoms with Crippen LogP contribution in [0, 0.1) is 0 Å². The highest BCUT2D eigenvalue weighted by molar-refractivity contribution is 9.10. The van der Waals surface area contributed by atoms with Crippen LogP contribution < -0.4 is 5.56 Å². The summed E-state index contributed by atoms with van der Waals surface area (Å²) in [6.07, 6.45) is 4.41. The van der Waals surface area contributed by atoms with Crippen LogP contribution in [0.15, 0.2) is 80.8 Å².